The number of rotatable bonds is 8. The average Bonchev–Trinajstić information content (AvgIpc) is 2.67. The summed E-state index contributed by atoms with van der Waals surface area (Å²) in [7, 11) is 0. The maximum atomic E-state index is 12.5. The molecule has 2 rings (SSSR count). The maximum Gasteiger partial charge on any atom is 0.314 e. The zero-order valence-electron chi connectivity index (χ0n) is 15.3. The summed E-state index contributed by atoms with van der Waals surface area (Å²) in [6, 6.07) is 14.8. The Bertz CT molecular complexity index is 790. The highest BCUT2D eigenvalue weighted by atomic mass is 16.6. The van der Waals surface area contributed by atoms with Crippen molar-refractivity contribution in [3.8, 4) is 0 Å². The van der Waals surface area contributed by atoms with Crippen molar-refractivity contribution in [2.24, 2.45) is 5.92 Å². The van der Waals surface area contributed by atoms with Crippen LogP contribution in [0.25, 0.3) is 0 Å². The van der Waals surface area contributed by atoms with Gasteiger partial charge in [0.1, 0.15) is 0 Å². The lowest BCUT2D eigenvalue weighted by Gasteiger charge is -2.21. The molecule has 0 aromatic heterocycles. The van der Waals surface area contributed by atoms with Crippen molar-refractivity contribution in [2.75, 3.05) is 11.9 Å². The number of ether oxygens (including phenoxy) is 1. The Kier molecular flexibility index (Phi) is 7.05. The molecule has 0 heterocycles. The molecule has 0 saturated heterocycles. The number of nitrogens with one attached hydrogen (secondary N) is 1. The Morgan fingerprint density at radius 2 is 1.74 bits per heavy atom. The first-order valence-electron chi connectivity index (χ1n) is 8.68. The SMILES string of the molecule is CC[C@H](C)[C@H](C(=O)OCC(=O)Nc1ccc([N+](=O)[O-])cc1)c1ccccc1. The van der Waals surface area contributed by atoms with Crippen LogP contribution in [-0.2, 0) is 14.3 Å². The van der Waals surface area contributed by atoms with Crippen molar-refractivity contribution in [1.29, 1.82) is 0 Å². The minimum atomic E-state index is -0.522. The lowest BCUT2D eigenvalue weighted by molar-refractivity contribution is -0.384. The first-order chi connectivity index (χ1) is 12.9. The number of anilines is 1. The quantitative estimate of drug-likeness (QED) is 0.431. The second-order valence-electron chi connectivity index (χ2n) is 6.23. The number of nitro benzene ring substituents is 1. The van der Waals surface area contributed by atoms with E-state index < -0.39 is 29.3 Å². The molecule has 0 aliphatic rings. The van der Waals surface area contributed by atoms with E-state index in [-0.39, 0.29) is 11.6 Å². The van der Waals surface area contributed by atoms with Crippen molar-refractivity contribution in [1.82, 2.24) is 0 Å². The van der Waals surface area contributed by atoms with Crippen LogP contribution in [-0.4, -0.2) is 23.4 Å². The Labute approximate surface area is 157 Å². The van der Waals surface area contributed by atoms with Crippen LogP contribution in [0.1, 0.15) is 31.7 Å². The molecule has 7 nitrogen and oxygen atoms in total. The van der Waals surface area contributed by atoms with Gasteiger partial charge in [-0.3, -0.25) is 19.7 Å². The number of amides is 1. The van der Waals surface area contributed by atoms with Gasteiger partial charge in [-0.05, 0) is 23.6 Å². The number of hydrogen-bond acceptors (Lipinski definition) is 5. The minimum absolute atomic E-state index is 0.0673. The third-order valence-corrected chi connectivity index (χ3v) is 4.33. The first-order valence-corrected chi connectivity index (χ1v) is 8.68. The zero-order valence-corrected chi connectivity index (χ0v) is 15.3. The van der Waals surface area contributed by atoms with Crippen LogP contribution in [0, 0.1) is 16.0 Å². The predicted octanol–water partition coefficient (Wildman–Crippen LogP) is 3.91. The number of benzene rings is 2. The van der Waals surface area contributed by atoms with Gasteiger partial charge in [-0.25, -0.2) is 0 Å². The number of nitrogens with zero attached hydrogens (tertiary/aromatic N) is 1. The minimum Gasteiger partial charge on any atom is -0.455 e. The molecule has 2 aromatic rings. The first kappa shape index (κ1) is 20.1. The van der Waals surface area contributed by atoms with Crippen LogP contribution in [0.5, 0.6) is 0 Å². The van der Waals surface area contributed by atoms with E-state index in [1.165, 1.54) is 24.3 Å². The second kappa shape index (κ2) is 9.47. The summed E-state index contributed by atoms with van der Waals surface area (Å²) in [5.74, 6) is -1.33. The number of carbonyl (C=O) groups excluding carboxylic acids is 2. The fourth-order valence-electron chi connectivity index (χ4n) is 2.68. The number of hydrogen-bond donors (Lipinski definition) is 1. The largest absolute Gasteiger partial charge is 0.455 e. The summed E-state index contributed by atoms with van der Waals surface area (Å²) < 4.78 is 5.22. The molecule has 0 aliphatic carbocycles. The van der Waals surface area contributed by atoms with Crippen LogP contribution in [0.4, 0.5) is 11.4 Å². The smallest absolute Gasteiger partial charge is 0.314 e. The topological polar surface area (TPSA) is 98.5 Å². The third-order valence-electron chi connectivity index (χ3n) is 4.33. The molecule has 2 aromatic carbocycles. The molecule has 7 heteroatoms. The van der Waals surface area contributed by atoms with Gasteiger partial charge in [0.2, 0.25) is 0 Å². The standard InChI is InChI=1S/C20H22N2O5/c1-3-14(2)19(15-7-5-4-6-8-15)20(24)27-13-18(23)21-16-9-11-17(12-10-16)22(25)26/h4-12,14,19H,3,13H2,1-2H3,(H,21,23)/t14-,19-/m0/s1. The number of carbonyl (C=O) groups is 2. The fraction of sp³-hybridized carbons (Fsp3) is 0.300. The molecule has 0 bridgehead atoms. The second-order valence-corrected chi connectivity index (χ2v) is 6.23. The Morgan fingerprint density at radius 1 is 1.11 bits per heavy atom. The van der Waals surface area contributed by atoms with Gasteiger partial charge in [-0.1, -0.05) is 50.6 Å². The highest BCUT2D eigenvalue weighted by Gasteiger charge is 2.27. The van der Waals surface area contributed by atoms with E-state index in [0.29, 0.717) is 5.69 Å². The molecule has 0 fully saturated rings. The van der Waals surface area contributed by atoms with Crippen LogP contribution in [0.3, 0.4) is 0 Å². The van der Waals surface area contributed by atoms with E-state index in [1.54, 1.807) is 0 Å². The molecule has 0 aliphatic heterocycles. The molecule has 0 unspecified atom stereocenters. The molecule has 1 amide bonds. The molecule has 0 spiro atoms. The number of nitro groups is 1. The van der Waals surface area contributed by atoms with E-state index >= 15 is 0 Å². The molecule has 2 atom stereocenters. The van der Waals surface area contributed by atoms with Crippen LogP contribution < -0.4 is 5.32 Å². The Morgan fingerprint density at radius 3 is 2.30 bits per heavy atom. The van der Waals surface area contributed by atoms with Gasteiger partial charge < -0.3 is 10.1 Å². The molecule has 0 radical (unpaired) electrons. The fourth-order valence-corrected chi connectivity index (χ4v) is 2.68. The van der Waals surface area contributed by atoms with Crippen molar-refractivity contribution in [3.05, 3.63) is 70.3 Å². The predicted molar refractivity (Wildman–Crippen MR) is 101 cm³/mol. The van der Waals surface area contributed by atoms with Crippen molar-refractivity contribution in [3.63, 3.8) is 0 Å². The van der Waals surface area contributed by atoms with E-state index in [2.05, 4.69) is 5.32 Å². The summed E-state index contributed by atoms with van der Waals surface area (Å²) in [6.07, 6.45) is 0.795. The normalized spacial score (nSPS) is 12.7. The van der Waals surface area contributed by atoms with Gasteiger partial charge in [0.25, 0.3) is 11.6 Å². The average molecular weight is 370 g/mol. The Hall–Kier alpha value is -3.22. The lowest BCUT2D eigenvalue weighted by atomic mass is 9.86. The highest BCUT2D eigenvalue weighted by molar-refractivity contribution is 5.93. The third kappa shape index (κ3) is 5.64. The number of esters is 1. The van der Waals surface area contributed by atoms with Crippen molar-refractivity contribution in [2.45, 2.75) is 26.2 Å². The molecule has 1 N–H and O–H groups in total. The van der Waals surface area contributed by atoms with Gasteiger partial charge >= 0.3 is 5.97 Å². The highest BCUT2D eigenvalue weighted by Crippen LogP contribution is 2.28. The van der Waals surface area contributed by atoms with Gasteiger partial charge in [-0.2, -0.15) is 0 Å². The van der Waals surface area contributed by atoms with Crippen LogP contribution in [0.15, 0.2) is 54.6 Å². The molecule has 0 saturated carbocycles. The van der Waals surface area contributed by atoms with Gasteiger partial charge in [-0.15, -0.1) is 0 Å². The summed E-state index contributed by atoms with van der Waals surface area (Å²) >= 11 is 0. The summed E-state index contributed by atoms with van der Waals surface area (Å²) in [4.78, 5) is 34.7. The van der Waals surface area contributed by atoms with Crippen LogP contribution in [0.2, 0.25) is 0 Å². The molecule has 142 valence electrons. The van der Waals surface area contributed by atoms with E-state index in [0.717, 1.165) is 12.0 Å². The lowest BCUT2D eigenvalue weighted by Crippen LogP contribution is -2.26. The zero-order chi connectivity index (χ0) is 19.8. The van der Waals surface area contributed by atoms with Gasteiger partial charge in [0.15, 0.2) is 6.61 Å². The summed E-state index contributed by atoms with van der Waals surface area (Å²) in [5.41, 5.74) is 1.18. The van der Waals surface area contributed by atoms with Crippen LogP contribution >= 0.6 is 0 Å². The van der Waals surface area contributed by atoms with Crippen molar-refractivity contribution >= 4 is 23.3 Å². The summed E-state index contributed by atoms with van der Waals surface area (Å²) in [5, 5.41) is 13.2. The number of non-ortho nitro benzene ring substituents is 1. The van der Waals surface area contributed by atoms with Crippen molar-refractivity contribution < 1.29 is 19.2 Å². The van der Waals surface area contributed by atoms with E-state index in [9.17, 15) is 19.7 Å². The molecular weight excluding hydrogens is 348 g/mol. The Balaban J connectivity index is 1.95. The monoisotopic (exact) mass is 370 g/mol. The van der Waals surface area contributed by atoms with E-state index in [4.69, 9.17) is 4.74 Å². The molecular formula is C20H22N2O5. The van der Waals surface area contributed by atoms with Gasteiger partial charge in [0, 0.05) is 17.8 Å². The van der Waals surface area contributed by atoms with Gasteiger partial charge in [0.05, 0.1) is 10.8 Å². The maximum absolute atomic E-state index is 12.5. The van der Waals surface area contributed by atoms with E-state index in [1.807, 2.05) is 44.2 Å². The summed E-state index contributed by atoms with van der Waals surface area (Å²) in [6.45, 7) is 3.54. The molecule has 27 heavy (non-hydrogen) atoms.